The number of nitrogens with one attached hydrogen (secondary N) is 1. The quantitative estimate of drug-likeness (QED) is 0.920. The number of nitrogens with zero attached hydrogens (tertiary/aromatic N) is 1. The molecule has 2 aromatic rings. The molecule has 0 bridgehead atoms. The third-order valence-corrected chi connectivity index (χ3v) is 4.47. The summed E-state index contributed by atoms with van der Waals surface area (Å²) in [4.78, 5) is 25.9. The molecule has 1 saturated heterocycles. The van der Waals surface area contributed by atoms with Crippen LogP contribution in [0.3, 0.4) is 0 Å². The predicted octanol–water partition coefficient (Wildman–Crippen LogP) is 2.21. The van der Waals surface area contributed by atoms with Gasteiger partial charge < -0.3 is 10.2 Å². The highest BCUT2D eigenvalue weighted by atomic mass is 32.1. The van der Waals surface area contributed by atoms with Crippen molar-refractivity contribution in [1.29, 1.82) is 0 Å². The van der Waals surface area contributed by atoms with Gasteiger partial charge in [0.05, 0.1) is 12.5 Å². The molecular weight excluding hydrogens is 296 g/mol. The second kappa shape index (κ2) is 6.75. The minimum Gasteiger partial charge on any atom is -0.351 e. The Bertz CT molecular complexity index is 640. The molecule has 0 saturated carbocycles. The molecular formula is C17H18N2O2S. The number of hydrogen-bond acceptors (Lipinski definition) is 3. The van der Waals surface area contributed by atoms with E-state index in [0.717, 1.165) is 11.1 Å². The van der Waals surface area contributed by atoms with Crippen LogP contribution in [-0.2, 0) is 22.6 Å². The zero-order valence-corrected chi connectivity index (χ0v) is 13.0. The van der Waals surface area contributed by atoms with Crippen LogP contribution in [0.15, 0.2) is 47.2 Å². The van der Waals surface area contributed by atoms with Gasteiger partial charge in [-0.15, -0.1) is 0 Å². The van der Waals surface area contributed by atoms with E-state index in [2.05, 4.69) is 5.32 Å². The van der Waals surface area contributed by atoms with Gasteiger partial charge in [0.1, 0.15) is 0 Å². The third kappa shape index (κ3) is 3.74. The summed E-state index contributed by atoms with van der Waals surface area (Å²) in [6.07, 6.45) is 0.773. The first kappa shape index (κ1) is 14.8. The summed E-state index contributed by atoms with van der Waals surface area (Å²) in [5.41, 5.74) is 2.13. The Morgan fingerprint density at radius 3 is 2.77 bits per heavy atom. The van der Waals surface area contributed by atoms with Crippen LogP contribution in [0.1, 0.15) is 17.5 Å². The average Bonchev–Trinajstić information content (AvgIpc) is 3.11. The Morgan fingerprint density at radius 2 is 2.05 bits per heavy atom. The second-order valence-corrected chi connectivity index (χ2v) is 6.32. The van der Waals surface area contributed by atoms with Crippen LogP contribution in [-0.4, -0.2) is 29.3 Å². The van der Waals surface area contributed by atoms with Gasteiger partial charge in [0.2, 0.25) is 11.8 Å². The Labute approximate surface area is 133 Å². The fourth-order valence-corrected chi connectivity index (χ4v) is 3.35. The Kier molecular flexibility index (Phi) is 4.53. The molecule has 1 unspecified atom stereocenters. The fourth-order valence-electron chi connectivity index (χ4n) is 2.68. The standard InChI is InChI=1S/C17H18N2O2S/c20-16(8-14-6-7-22-12-14)18-15-9-17(21)19(11-15)10-13-4-2-1-3-5-13/h1-7,12,15H,8-11H2,(H,18,20). The molecule has 1 aliphatic rings. The van der Waals surface area contributed by atoms with Gasteiger partial charge in [-0.25, -0.2) is 0 Å². The van der Waals surface area contributed by atoms with Crippen molar-refractivity contribution in [3.8, 4) is 0 Å². The van der Waals surface area contributed by atoms with Gasteiger partial charge in [-0.2, -0.15) is 11.3 Å². The minimum atomic E-state index is -0.0812. The van der Waals surface area contributed by atoms with E-state index < -0.39 is 0 Å². The zero-order chi connectivity index (χ0) is 15.4. The summed E-state index contributed by atoms with van der Waals surface area (Å²) >= 11 is 1.58. The normalized spacial score (nSPS) is 17.7. The van der Waals surface area contributed by atoms with Gasteiger partial charge >= 0.3 is 0 Å². The summed E-state index contributed by atoms with van der Waals surface area (Å²) in [5, 5.41) is 6.90. The third-order valence-electron chi connectivity index (χ3n) is 3.74. The number of hydrogen-bond donors (Lipinski definition) is 1. The summed E-state index contributed by atoms with van der Waals surface area (Å²) in [6, 6.07) is 11.8. The van der Waals surface area contributed by atoms with Gasteiger partial charge in [0, 0.05) is 19.5 Å². The monoisotopic (exact) mass is 314 g/mol. The fraction of sp³-hybridized carbons (Fsp3) is 0.294. The molecule has 4 nitrogen and oxygen atoms in total. The lowest BCUT2D eigenvalue weighted by Crippen LogP contribution is -2.37. The topological polar surface area (TPSA) is 49.4 Å². The summed E-state index contributed by atoms with van der Waals surface area (Å²) in [5.74, 6) is 0.0856. The van der Waals surface area contributed by atoms with Gasteiger partial charge in [0.25, 0.3) is 0 Å². The van der Waals surface area contributed by atoms with E-state index in [1.54, 1.807) is 11.3 Å². The van der Waals surface area contributed by atoms with E-state index in [4.69, 9.17) is 0 Å². The SMILES string of the molecule is O=C(Cc1ccsc1)NC1CC(=O)N(Cc2ccccc2)C1. The summed E-state index contributed by atoms with van der Waals surface area (Å²) in [6.45, 7) is 1.19. The largest absolute Gasteiger partial charge is 0.351 e. The van der Waals surface area contributed by atoms with Gasteiger partial charge in [-0.3, -0.25) is 9.59 Å². The number of amides is 2. The molecule has 3 rings (SSSR count). The molecule has 1 atom stereocenters. The Balaban J connectivity index is 1.52. The lowest BCUT2D eigenvalue weighted by atomic mass is 10.2. The molecule has 0 aliphatic carbocycles. The summed E-state index contributed by atoms with van der Waals surface area (Å²) in [7, 11) is 0. The number of likely N-dealkylation sites (tertiary alicyclic amines) is 1. The Morgan fingerprint density at radius 1 is 1.23 bits per heavy atom. The smallest absolute Gasteiger partial charge is 0.225 e. The Hall–Kier alpha value is -2.14. The van der Waals surface area contributed by atoms with E-state index in [0.29, 0.717) is 25.9 Å². The van der Waals surface area contributed by atoms with Crippen LogP contribution in [0.25, 0.3) is 0 Å². The predicted molar refractivity (Wildman–Crippen MR) is 86.4 cm³/mol. The first-order valence-corrected chi connectivity index (χ1v) is 8.27. The maximum Gasteiger partial charge on any atom is 0.225 e. The van der Waals surface area contributed by atoms with Crippen molar-refractivity contribution >= 4 is 23.2 Å². The molecule has 114 valence electrons. The lowest BCUT2D eigenvalue weighted by molar-refractivity contribution is -0.128. The molecule has 1 aromatic carbocycles. The average molecular weight is 314 g/mol. The van der Waals surface area contributed by atoms with Crippen molar-refractivity contribution in [3.63, 3.8) is 0 Å². The highest BCUT2D eigenvalue weighted by Crippen LogP contribution is 2.15. The highest BCUT2D eigenvalue weighted by Gasteiger charge is 2.30. The maximum absolute atomic E-state index is 12.1. The number of thiophene rings is 1. The van der Waals surface area contributed by atoms with E-state index in [-0.39, 0.29) is 17.9 Å². The van der Waals surface area contributed by atoms with Crippen LogP contribution in [0.4, 0.5) is 0 Å². The first-order chi connectivity index (χ1) is 10.7. The van der Waals surface area contributed by atoms with Crippen molar-refractivity contribution in [2.24, 2.45) is 0 Å². The number of carbonyl (C=O) groups excluding carboxylic acids is 2. The molecule has 0 radical (unpaired) electrons. The molecule has 0 spiro atoms. The first-order valence-electron chi connectivity index (χ1n) is 7.33. The van der Waals surface area contributed by atoms with E-state index in [9.17, 15) is 9.59 Å². The second-order valence-electron chi connectivity index (χ2n) is 5.54. The highest BCUT2D eigenvalue weighted by molar-refractivity contribution is 7.07. The molecule has 5 heteroatoms. The number of benzene rings is 1. The van der Waals surface area contributed by atoms with E-state index >= 15 is 0 Å². The van der Waals surface area contributed by atoms with Crippen molar-refractivity contribution < 1.29 is 9.59 Å². The lowest BCUT2D eigenvalue weighted by Gasteiger charge is -2.17. The number of rotatable bonds is 5. The van der Waals surface area contributed by atoms with E-state index in [1.165, 1.54) is 0 Å². The van der Waals surface area contributed by atoms with Gasteiger partial charge in [0.15, 0.2) is 0 Å². The molecule has 1 aliphatic heterocycles. The molecule has 1 N–H and O–H groups in total. The summed E-state index contributed by atoms with van der Waals surface area (Å²) < 4.78 is 0. The molecule has 2 amide bonds. The number of carbonyl (C=O) groups is 2. The van der Waals surface area contributed by atoms with E-state index in [1.807, 2.05) is 52.1 Å². The molecule has 22 heavy (non-hydrogen) atoms. The zero-order valence-electron chi connectivity index (χ0n) is 12.2. The van der Waals surface area contributed by atoms with Crippen molar-refractivity contribution in [1.82, 2.24) is 10.2 Å². The van der Waals surface area contributed by atoms with Crippen molar-refractivity contribution in [2.45, 2.75) is 25.4 Å². The van der Waals surface area contributed by atoms with Gasteiger partial charge in [-0.1, -0.05) is 30.3 Å². The van der Waals surface area contributed by atoms with Crippen LogP contribution in [0, 0.1) is 0 Å². The van der Waals surface area contributed by atoms with Crippen LogP contribution in [0.2, 0.25) is 0 Å². The van der Waals surface area contributed by atoms with Crippen molar-refractivity contribution in [3.05, 3.63) is 58.3 Å². The molecule has 1 aromatic heterocycles. The molecule has 2 heterocycles. The van der Waals surface area contributed by atoms with Crippen molar-refractivity contribution in [2.75, 3.05) is 6.54 Å². The molecule has 1 fully saturated rings. The van der Waals surface area contributed by atoms with Crippen LogP contribution < -0.4 is 5.32 Å². The van der Waals surface area contributed by atoms with Gasteiger partial charge in [-0.05, 0) is 28.0 Å². The van der Waals surface area contributed by atoms with Crippen LogP contribution in [0.5, 0.6) is 0 Å². The van der Waals surface area contributed by atoms with Crippen LogP contribution >= 0.6 is 11.3 Å². The maximum atomic E-state index is 12.1. The minimum absolute atomic E-state index is 0.0160.